The summed E-state index contributed by atoms with van der Waals surface area (Å²) in [7, 11) is 0. The first-order chi connectivity index (χ1) is 16.1. The predicted octanol–water partition coefficient (Wildman–Crippen LogP) is 10.4. The van der Waals surface area contributed by atoms with Crippen LogP contribution in [0.3, 0.4) is 0 Å². The van der Waals surface area contributed by atoms with Crippen LogP contribution >= 0.6 is 0 Å². The molecule has 0 aromatic rings. The van der Waals surface area contributed by atoms with Crippen molar-refractivity contribution >= 4 is 5.97 Å². The smallest absolute Gasteiger partial charge is 0.309 e. The first kappa shape index (κ1) is 30.5. The summed E-state index contributed by atoms with van der Waals surface area (Å²) in [6.07, 6.45) is 28.4. The van der Waals surface area contributed by atoms with Crippen LogP contribution in [0.4, 0.5) is 0 Å². The molecule has 196 valence electrons. The van der Waals surface area contributed by atoms with Gasteiger partial charge in [0, 0.05) is 0 Å². The van der Waals surface area contributed by atoms with Gasteiger partial charge in [-0.3, -0.25) is 4.79 Å². The van der Waals surface area contributed by atoms with Gasteiger partial charge in [0.05, 0.1) is 5.92 Å². The highest BCUT2D eigenvalue weighted by Gasteiger charge is 2.28. The van der Waals surface area contributed by atoms with Crippen molar-refractivity contribution in [3.63, 3.8) is 0 Å². The van der Waals surface area contributed by atoms with Crippen LogP contribution in [0.25, 0.3) is 0 Å². The third kappa shape index (κ3) is 15.2. The summed E-state index contributed by atoms with van der Waals surface area (Å²) in [6.45, 7) is 9.12. The first-order valence-electron chi connectivity index (χ1n) is 15.3. The van der Waals surface area contributed by atoms with Crippen molar-refractivity contribution in [1.29, 1.82) is 0 Å². The Kier molecular flexibility index (Phi) is 19.2. The molecule has 0 aromatic carbocycles. The third-order valence-corrected chi connectivity index (χ3v) is 8.09. The molecule has 1 fully saturated rings. The molecule has 0 spiro atoms. The Hall–Kier alpha value is -0.530. The summed E-state index contributed by atoms with van der Waals surface area (Å²) in [4.78, 5) is 12.8. The van der Waals surface area contributed by atoms with Gasteiger partial charge in [0.1, 0.15) is 6.10 Å². The van der Waals surface area contributed by atoms with Gasteiger partial charge in [-0.05, 0) is 56.8 Å². The molecule has 1 rings (SSSR count). The maximum Gasteiger partial charge on any atom is 0.309 e. The minimum atomic E-state index is 0.122. The standard InChI is InChI=1S/C31H60O2/c1-5-9-11-12-13-15-22-30(18-8-4)33-31(32)29-25-23-28(24-26-29)21-16-20-27(17-7-3)19-14-10-6-2/h27-30H,5-26H2,1-4H3. The topological polar surface area (TPSA) is 26.3 Å². The molecular formula is C31H60O2. The van der Waals surface area contributed by atoms with Gasteiger partial charge in [0.2, 0.25) is 0 Å². The fourth-order valence-electron chi connectivity index (χ4n) is 5.90. The van der Waals surface area contributed by atoms with Crippen LogP contribution in [0.5, 0.6) is 0 Å². The van der Waals surface area contributed by atoms with Crippen molar-refractivity contribution in [2.24, 2.45) is 17.8 Å². The van der Waals surface area contributed by atoms with Crippen LogP contribution in [0.2, 0.25) is 0 Å². The lowest BCUT2D eigenvalue weighted by atomic mass is 9.79. The highest BCUT2D eigenvalue weighted by molar-refractivity contribution is 5.72. The van der Waals surface area contributed by atoms with Gasteiger partial charge >= 0.3 is 5.97 Å². The van der Waals surface area contributed by atoms with Crippen molar-refractivity contribution in [1.82, 2.24) is 0 Å². The molecule has 2 unspecified atom stereocenters. The number of hydrogen-bond acceptors (Lipinski definition) is 2. The highest BCUT2D eigenvalue weighted by atomic mass is 16.5. The molecule has 33 heavy (non-hydrogen) atoms. The number of rotatable bonds is 21. The van der Waals surface area contributed by atoms with Crippen LogP contribution in [-0.2, 0) is 9.53 Å². The van der Waals surface area contributed by atoms with E-state index in [-0.39, 0.29) is 18.0 Å². The lowest BCUT2D eigenvalue weighted by Gasteiger charge is -2.29. The quantitative estimate of drug-likeness (QED) is 0.125. The van der Waals surface area contributed by atoms with E-state index in [4.69, 9.17) is 4.74 Å². The van der Waals surface area contributed by atoms with Crippen molar-refractivity contribution in [2.75, 3.05) is 0 Å². The van der Waals surface area contributed by atoms with Crippen molar-refractivity contribution in [3.05, 3.63) is 0 Å². The van der Waals surface area contributed by atoms with E-state index < -0.39 is 0 Å². The summed E-state index contributed by atoms with van der Waals surface area (Å²) in [5.74, 6) is 2.10. The van der Waals surface area contributed by atoms with E-state index in [1.807, 2.05) is 0 Å². The SMILES string of the molecule is CCCCCCCCC(CCC)OC(=O)C1CCC(CCCC(CCC)CCCCC)CC1. The maximum atomic E-state index is 12.8. The molecule has 1 aliphatic rings. The van der Waals surface area contributed by atoms with E-state index in [1.165, 1.54) is 109 Å². The molecule has 0 aromatic heterocycles. The predicted molar refractivity (Wildman–Crippen MR) is 145 cm³/mol. The molecule has 0 bridgehead atoms. The van der Waals surface area contributed by atoms with Crippen LogP contribution in [0, 0.1) is 17.8 Å². The Labute approximate surface area is 208 Å². The molecule has 0 aliphatic heterocycles. The second-order valence-corrected chi connectivity index (χ2v) is 11.2. The van der Waals surface area contributed by atoms with E-state index in [0.717, 1.165) is 43.9 Å². The zero-order valence-electron chi connectivity index (χ0n) is 23.2. The monoisotopic (exact) mass is 464 g/mol. The Bertz CT molecular complexity index is 438. The first-order valence-corrected chi connectivity index (χ1v) is 15.3. The van der Waals surface area contributed by atoms with Crippen molar-refractivity contribution in [2.45, 2.75) is 175 Å². The fourth-order valence-corrected chi connectivity index (χ4v) is 5.90. The second-order valence-electron chi connectivity index (χ2n) is 11.2. The molecule has 0 N–H and O–H groups in total. The van der Waals surface area contributed by atoms with E-state index >= 15 is 0 Å². The molecule has 0 saturated heterocycles. The highest BCUT2D eigenvalue weighted by Crippen LogP contribution is 2.34. The lowest BCUT2D eigenvalue weighted by Crippen LogP contribution is -2.28. The minimum Gasteiger partial charge on any atom is -0.462 e. The molecule has 2 nitrogen and oxygen atoms in total. The van der Waals surface area contributed by atoms with Crippen LogP contribution in [0.15, 0.2) is 0 Å². The number of carbonyl (C=O) groups excluding carboxylic acids is 1. The molecule has 2 atom stereocenters. The van der Waals surface area contributed by atoms with Gasteiger partial charge in [-0.15, -0.1) is 0 Å². The Morgan fingerprint density at radius 2 is 1.21 bits per heavy atom. The summed E-state index contributed by atoms with van der Waals surface area (Å²) < 4.78 is 6.04. The minimum absolute atomic E-state index is 0.122. The molecule has 0 radical (unpaired) electrons. The van der Waals surface area contributed by atoms with Crippen molar-refractivity contribution < 1.29 is 9.53 Å². The lowest BCUT2D eigenvalue weighted by molar-refractivity contribution is -0.156. The van der Waals surface area contributed by atoms with Crippen LogP contribution in [-0.4, -0.2) is 12.1 Å². The normalized spacial score (nSPS) is 20.5. The Balaban J connectivity index is 2.24. The van der Waals surface area contributed by atoms with E-state index in [0.29, 0.717) is 0 Å². The third-order valence-electron chi connectivity index (χ3n) is 8.09. The molecule has 0 heterocycles. The zero-order chi connectivity index (χ0) is 24.2. The van der Waals surface area contributed by atoms with Gasteiger partial charge in [0.15, 0.2) is 0 Å². The molecular weight excluding hydrogens is 404 g/mol. The van der Waals surface area contributed by atoms with E-state index in [1.54, 1.807) is 0 Å². The summed E-state index contributed by atoms with van der Waals surface area (Å²) in [5.41, 5.74) is 0. The Morgan fingerprint density at radius 3 is 1.88 bits per heavy atom. The number of esters is 1. The van der Waals surface area contributed by atoms with Crippen LogP contribution in [0.1, 0.15) is 169 Å². The van der Waals surface area contributed by atoms with E-state index in [2.05, 4.69) is 27.7 Å². The molecule has 0 amide bonds. The Morgan fingerprint density at radius 1 is 0.636 bits per heavy atom. The van der Waals surface area contributed by atoms with Gasteiger partial charge in [-0.25, -0.2) is 0 Å². The largest absolute Gasteiger partial charge is 0.462 e. The number of hydrogen-bond donors (Lipinski definition) is 0. The average Bonchev–Trinajstić information content (AvgIpc) is 2.82. The van der Waals surface area contributed by atoms with Gasteiger partial charge < -0.3 is 4.74 Å². The van der Waals surface area contributed by atoms with Gasteiger partial charge in [-0.1, -0.05) is 124 Å². The van der Waals surface area contributed by atoms with Gasteiger partial charge in [-0.2, -0.15) is 0 Å². The number of ether oxygens (including phenoxy) is 1. The molecule has 1 aliphatic carbocycles. The molecule has 2 heteroatoms. The maximum absolute atomic E-state index is 12.8. The van der Waals surface area contributed by atoms with Crippen molar-refractivity contribution in [3.8, 4) is 0 Å². The zero-order valence-corrected chi connectivity index (χ0v) is 23.2. The summed E-state index contributed by atoms with van der Waals surface area (Å²) in [6, 6.07) is 0. The van der Waals surface area contributed by atoms with Gasteiger partial charge in [0.25, 0.3) is 0 Å². The number of unbranched alkanes of at least 4 members (excludes halogenated alkanes) is 7. The summed E-state index contributed by atoms with van der Waals surface area (Å²) in [5, 5.41) is 0. The van der Waals surface area contributed by atoms with E-state index in [9.17, 15) is 4.79 Å². The molecule has 1 saturated carbocycles. The average molecular weight is 465 g/mol. The second kappa shape index (κ2) is 20.8. The fraction of sp³-hybridized carbons (Fsp3) is 0.968. The number of carbonyl (C=O) groups is 1. The summed E-state index contributed by atoms with van der Waals surface area (Å²) >= 11 is 0. The van der Waals surface area contributed by atoms with Crippen LogP contribution < -0.4 is 0 Å².